The average molecular weight is 225 g/mol. The van der Waals surface area contributed by atoms with E-state index in [1.807, 2.05) is 0 Å². The molecule has 0 aromatic carbocycles. The van der Waals surface area contributed by atoms with E-state index in [4.69, 9.17) is 9.63 Å². The molecular formula is C11H19N3O2. The van der Waals surface area contributed by atoms with E-state index in [9.17, 15) is 0 Å². The van der Waals surface area contributed by atoms with Gasteiger partial charge < -0.3 is 9.63 Å². The second kappa shape index (κ2) is 4.14. The number of aromatic nitrogens is 2. The van der Waals surface area contributed by atoms with Gasteiger partial charge in [-0.25, -0.2) is 0 Å². The molecule has 1 aromatic heterocycles. The summed E-state index contributed by atoms with van der Waals surface area (Å²) in [5.41, 5.74) is -0.0651. The lowest BCUT2D eigenvalue weighted by atomic mass is 9.96. The molecule has 16 heavy (non-hydrogen) atoms. The zero-order valence-corrected chi connectivity index (χ0v) is 10.1. The fraction of sp³-hybridized carbons (Fsp3) is 0.818. The number of hydrogen-bond acceptors (Lipinski definition) is 5. The second-order valence-electron chi connectivity index (χ2n) is 5.50. The average Bonchev–Trinajstić information content (AvgIpc) is 2.57. The van der Waals surface area contributed by atoms with Crippen LogP contribution in [0.2, 0.25) is 0 Å². The highest BCUT2D eigenvalue weighted by Gasteiger charge is 2.28. The van der Waals surface area contributed by atoms with E-state index in [0.717, 1.165) is 18.9 Å². The first kappa shape index (κ1) is 11.5. The van der Waals surface area contributed by atoms with Crippen molar-refractivity contribution in [3.8, 4) is 0 Å². The van der Waals surface area contributed by atoms with Gasteiger partial charge in [-0.3, -0.25) is 4.90 Å². The van der Waals surface area contributed by atoms with Crippen LogP contribution in [0, 0.1) is 5.92 Å². The third kappa shape index (κ3) is 2.41. The molecule has 0 unspecified atom stereocenters. The Bertz CT molecular complexity index is 350. The molecule has 5 heteroatoms. The minimum atomic E-state index is -0.0651. The first-order valence-electron chi connectivity index (χ1n) is 5.65. The molecule has 0 spiro atoms. The molecule has 1 aromatic rings. The molecule has 1 N–H and O–H groups in total. The fourth-order valence-electron chi connectivity index (χ4n) is 1.74. The van der Waals surface area contributed by atoms with Crippen LogP contribution in [0.3, 0.4) is 0 Å². The maximum atomic E-state index is 8.90. The molecule has 2 heterocycles. The lowest BCUT2D eigenvalue weighted by Gasteiger charge is -2.37. The Morgan fingerprint density at radius 2 is 2.12 bits per heavy atom. The molecule has 1 aliphatic rings. The van der Waals surface area contributed by atoms with Gasteiger partial charge in [0.25, 0.3) is 0 Å². The predicted molar refractivity (Wildman–Crippen MR) is 58.9 cm³/mol. The van der Waals surface area contributed by atoms with Crippen LogP contribution in [0.15, 0.2) is 4.52 Å². The van der Waals surface area contributed by atoms with E-state index in [1.165, 1.54) is 0 Å². The molecule has 90 valence electrons. The largest absolute Gasteiger partial charge is 0.396 e. The quantitative estimate of drug-likeness (QED) is 0.824. The van der Waals surface area contributed by atoms with Gasteiger partial charge in [-0.1, -0.05) is 25.9 Å². The van der Waals surface area contributed by atoms with Gasteiger partial charge in [0.1, 0.15) is 0 Å². The number of likely N-dealkylation sites (tertiary alicyclic amines) is 1. The molecule has 0 saturated carbocycles. The summed E-state index contributed by atoms with van der Waals surface area (Å²) in [7, 11) is 0. The maximum absolute atomic E-state index is 8.90. The van der Waals surface area contributed by atoms with Crippen LogP contribution in [0.1, 0.15) is 32.5 Å². The van der Waals surface area contributed by atoms with Gasteiger partial charge in [-0.05, 0) is 0 Å². The Kier molecular flexibility index (Phi) is 2.99. The van der Waals surface area contributed by atoms with Gasteiger partial charge in [-0.2, -0.15) is 4.98 Å². The highest BCUT2D eigenvalue weighted by Crippen LogP contribution is 2.21. The van der Waals surface area contributed by atoms with E-state index in [1.54, 1.807) is 0 Å². The van der Waals surface area contributed by atoms with Gasteiger partial charge in [0.15, 0.2) is 5.82 Å². The van der Waals surface area contributed by atoms with E-state index >= 15 is 0 Å². The fourth-order valence-corrected chi connectivity index (χ4v) is 1.74. The molecule has 0 amide bonds. The molecule has 5 nitrogen and oxygen atoms in total. The van der Waals surface area contributed by atoms with Crippen molar-refractivity contribution in [1.29, 1.82) is 0 Å². The van der Waals surface area contributed by atoms with Crippen molar-refractivity contribution < 1.29 is 9.63 Å². The summed E-state index contributed by atoms with van der Waals surface area (Å²) < 4.78 is 5.20. The summed E-state index contributed by atoms with van der Waals surface area (Å²) in [6, 6.07) is 0. The van der Waals surface area contributed by atoms with Crippen LogP contribution >= 0.6 is 0 Å². The highest BCUT2D eigenvalue weighted by molar-refractivity contribution is 5.00. The van der Waals surface area contributed by atoms with Crippen LogP contribution in [0.25, 0.3) is 0 Å². The van der Waals surface area contributed by atoms with Crippen molar-refractivity contribution in [1.82, 2.24) is 15.0 Å². The summed E-state index contributed by atoms with van der Waals surface area (Å²) in [5.74, 6) is 1.84. The van der Waals surface area contributed by atoms with E-state index in [-0.39, 0.29) is 12.0 Å². The Balaban J connectivity index is 1.89. The molecule has 0 radical (unpaired) electrons. The molecule has 0 atom stereocenters. The second-order valence-corrected chi connectivity index (χ2v) is 5.50. The first-order chi connectivity index (χ1) is 7.49. The summed E-state index contributed by atoms with van der Waals surface area (Å²) in [5, 5.41) is 12.9. The summed E-state index contributed by atoms with van der Waals surface area (Å²) in [6.07, 6.45) is 0. The summed E-state index contributed by atoms with van der Waals surface area (Å²) >= 11 is 0. The minimum Gasteiger partial charge on any atom is -0.396 e. The SMILES string of the molecule is CC(C)(C)c1noc(CN2CC(CO)C2)n1. The molecule has 0 aliphatic carbocycles. The third-order valence-corrected chi connectivity index (χ3v) is 2.79. The minimum absolute atomic E-state index is 0.0651. The van der Waals surface area contributed by atoms with E-state index < -0.39 is 0 Å². The topological polar surface area (TPSA) is 62.4 Å². The van der Waals surface area contributed by atoms with Crippen molar-refractivity contribution in [2.45, 2.75) is 32.7 Å². The molecular weight excluding hydrogens is 206 g/mol. The molecule has 0 bridgehead atoms. The normalized spacial score (nSPS) is 18.8. The third-order valence-electron chi connectivity index (χ3n) is 2.79. The zero-order valence-electron chi connectivity index (χ0n) is 10.1. The standard InChI is InChI=1S/C11H19N3O2/c1-11(2,3)10-12-9(16-13-10)6-14-4-8(5-14)7-15/h8,15H,4-7H2,1-3H3. The number of nitrogens with zero attached hydrogens (tertiary/aromatic N) is 3. The highest BCUT2D eigenvalue weighted by atomic mass is 16.5. The lowest BCUT2D eigenvalue weighted by Crippen LogP contribution is -2.47. The van der Waals surface area contributed by atoms with Gasteiger partial charge in [-0.15, -0.1) is 0 Å². The molecule has 1 aliphatic heterocycles. The summed E-state index contributed by atoms with van der Waals surface area (Å²) in [6.45, 7) is 8.99. The van der Waals surface area contributed by atoms with Crippen molar-refractivity contribution >= 4 is 0 Å². The lowest BCUT2D eigenvalue weighted by molar-refractivity contribution is 0.0402. The van der Waals surface area contributed by atoms with Crippen molar-refractivity contribution in [3.63, 3.8) is 0 Å². The Labute approximate surface area is 95.4 Å². The smallest absolute Gasteiger partial charge is 0.240 e. The van der Waals surface area contributed by atoms with Gasteiger partial charge >= 0.3 is 0 Å². The van der Waals surface area contributed by atoms with E-state index in [0.29, 0.717) is 18.4 Å². The number of aliphatic hydroxyl groups is 1. The van der Waals surface area contributed by atoms with Crippen molar-refractivity contribution in [2.24, 2.45) is 5.92 Å². The Hall–Kier alpha value is -0.940. The van der Waals surface area contributed by atoms with Crippen molar-refractivity contribution in [2.75, 3.05) is 19.7 Å². The Morgan fingerprint density at radius 3 is 2.62 bits per heavy atom. The van der Waals surface area contributed by atoms with Gasteiger partial charge in [0.05, 0.1) is 6.54 Å². The van der Waals surface area contributed by atoms with E-state index in [2.05, 4.69) is 35.8 Å². The van der Waals surface area contributed by atoms with Gasteiger partial charge in [0, 0.05) is 31.0 Å². The Morgan fingerprint density at radius 1 is 1.44 bits per heavy atom. The van der Waals surface area contributed by atoms with Crippen molar-refractivity contribution in [3.05, 3.63) is 11.7 Å². The van der Waals surface area contributed by atoms with Crippen LogP contribution in [0.4, 0.5) is 0 Å². The number of rotatable bonds is 3. The molecule has 1 saturated heterocycles. The van der Waals surface area contributed by atoms with Crippen LogP contribution < -0.4 is 0 Å². The zero-order chi connectivity index (χ0) is 11.8. The number of hydrogen-bond donors (Lipinski definition) is 1. The van der Waals surface area contributed by atoms with Crippen LogP contribution in [-0.2, 0) is 12.0 Å². The van der Waals surface area contributed by atoms with Gasteiger partial charge in [0.2, 0.25) is 5.89 Å². The monoisotopic (exact) mass is 225 g/mol. The molecule has 2 rings (SSSR count). The first-order valence-corrected chi connectivity index (χ1v) is 5.65. The number of aliphatic hydroxyl groups excluding tert-OH is 1. The van der Waals surface area contributed by atoms with Crippen LogP contribution in [-0.4, -0.2) is 39.8 Å². The van der Waals surface area contributed by atoms with Crippen LogP contribution in [0.5, 0.6) is 0 Å². The summed E-state index contributed by atoms with van der Waals surface area (Å²) in [4.78, 5) is 6.57. The predicted octanol–water partition coefficient (Wildman–Crippen LogP) is 0.791. The maximum Gasteiger partial charge on any atom is 0.240 e. The molecule has 1 fully saturated rings.